The van der Waals surface area contributed by atoms with Crippen molar-refractivity contribution in [2.75, 3.05) is 4.90 Å². The third-order valence-electron chi connectivity index (χ3n) is 12.6. The van der Waals surface area contributed by atoms with Crippen molar-refractivity contribution >= 4 is 59.3 Å². The summed E-state index contributed by atoms with van der Waals surface area (Å²) in [6.45, 7) is 2.32. The first kappa shape index (κ1) is 32.5. The van der Waals surface area contributed by atoms with Crippen LogP contribution in [0.25, 0.3) is 64.3 Å². The normalized spacial score (nSPS) is 14.9. The van der Waals surface area contributed by atoms with Crippen molar-refractivity contribution in [3.63, 3.8) is 0 Å². The molecular weight excluding hydrogens is 707 g/mol. The van der Waals surface area contributed by atoms with Crippen LogP contribution in [0.15, 0.2) is 194 Å². The van der Waals surface area contributed by atoms with Gasteiger partial charge in [0.25, 0.3) is 0 Å². The smallest absolute Gasteiger partial charge is 0.0729 e. The molecule has 1 atom stereocenters. The molecule has 10 aromatic rings. The van der Waals surface area contributed by atoms with Crippen LogP contribution >= 0.6 is 11.3 Å². The number of aryl methyl sites for hydroxylation is 1. The van der Waals surface area contributed by atoms with Crippen molar-refractivity contribution in [1.82, 2.24) is 0 Å². The first-order chi connectivity index (χ1) is 28.2. The first-order valence-corrected chi connectivity index (χ1v) is 20.8. The predicted octanol–water partition coefficient (Wildman–Crippen LogP) is 15.3. The molecule has 268 valence electrons. The summed E-state index contributed by atoms with van der Waals surface area (Å²) in [4.78, 5) is 2.51. The third kappa shape index (κ3) is 4.51. The van der Waals surface area contributed by atoms with E-state index in [0.717, 1.165) is 23.5 Å². The number of anilines is 3. The molecule has 12 rings (SSSR count). The fourth-order valence-corrected chi connectivity index (χ4v) is 11.5. The van der Waals surface area contributed by atoms with E-state index in [4.69, 9.17) is 0 Å². The second kappa shape index (κ2) is 12.4. The lowest BCUT2D eigenvalue weighted by Gasteiger charge is -2.41. The monoisotopic (exact) mass is 743 g/mol. The van der Waals surface area contributed by atoms with Gasteiger partial charge in [0.05, 0.1) is 11.1 Å². The quantitative estimate of drug-likeness (QED) is 0.170. The van der Waals surface area contributed by atoms with Crippen LogP contribution in [0.3, 0.4) is 0 Å². The summed E-state index contributed by atoms with van der Waals surface area (Å²) in [6.07, 6.45) is 0.951. The molecule has 2 heteroatoms. The molecule has 1 unspecified atom stereocenters. The summed E-state index contributed by atoms with van der Waals surface area (Å²) < 4.78 is 2.60. The van der Waals surface area contributed by atoms with E-state index in [9.17, 15) is 0 Å². The highest BCUT2D eigenvalue weighted by molar-refractivity contribution is 7.25. The minimum Gasteiger partial charge on any atom is -0.310 e. The zero-order chi connectivity index (χ0) is 37.7. The molecule has 2 aliphatic rings. The van der Waals surface area contributed by atoms with E-state index in [0.29, 0.717) is 0 Å². The lowest BCUT2D eigenvalue weighted by Crippen LogP contribution is -2.33. The molecule has 0 fully saturated rings. The molecular formula is C55H37NS. The van der Waals surface area contributed by atoms with Crippen LogP contribution in [0.2, 0.25) is 0 Å². The lowest BCUT2D eigenvalue weighted by molar-refractivity contribution is 0.759. The Bertz CT molecular complexity index is 3240. The minimum atomic E-state index is -0.502. The second-order valence-corrected chi connectivity index (χ2v) is 16.5. The predicted molar refractivity (Wildman–Crippen MR) is 243 cm³/mol. The van der Waals surface area contributed by atoms with Gasteiger partial charge in [0.15, 0.2) is 0 Å². The number of hydrogen-bond acceptors (Lipinski definition) is 2. The van der Waals surface area contributed by atoms with Gasteiger partial charge in [-0.05, 0) is 109 Å². The van der Waals surface area contributed by atoms with Gasteiger partial charge < -0.3 is 4.90 Å². The topological polar surface area (TPSA) is 3.24 Å². The molecule has 2 aliphatic carbocycles. The summed E-state index contributed by atoms with van der Waals surface area (Å²) in [5, 5.41) is 5.29. The molecule has 1 aromatic heterocycles. The van der Waals surface area contributed by atoms with Crippen molar-refractivity contribution in [2.24, 2.45) is 0 Å². The first-order valence-electron chi connectivity index (χ1n) is 20.0. The van der Waals surface area contributed by atoms with Crippen LogP contribution in [0.4, 0.5) is 17.1 Å². The molecule has 0 aliphatic heterocycles. The molecule has 0 saturated heterocycles. The zero-order valence-electron chi connectivity index (χ0n) is 31.5. The molecule has 1 nitrogen and oxygen atoms in total. The molecule has 1 spiro atoms. The largest absolute Gasteiger partial charge is 0.310 e. The van der Waals surface area contributed by atoms with Gasteiger partial charge in [0, 0.05) is 37.1 Å². The zero-order valence-corrected chi connectivity index (χ0v) is 32.4. The molecule has 0 radical (unpaired) electrons. The van der Waals surface area contributed by atoms with Crippen molar-refractivity contribution in [1.29, 1.82) is 0 Å². The number of benzene rings is 9. The average Bonchev–Trinajstić information content (AvgIpc) is 3.79. The van der Waals surface area contributed by atoms with Crippen molar-refractivity contribution in [3.05, 3.63) is 222 Å². The summed E-state index contributed by atoms with van der Waals surface area (Å²) in [7, 11) is 0. The van der Waals surface area contributed by atoms with E-state index in [1.165, 1.54) is 92.1 Å². The SMILES string of the molecule is CCc1ccc2cccc3c2c1C1(c2ccccc2-c2ccc(N(c4ccc5c(c4)sc4ccccc45)c4ccccc4-c4ccccc4)cc21)c1ccccc1-3. The maximum atomic E-state index is 2.54. The third-order valence-corrected chi connectivity index (χ3v) is 13.8. The van der Waals surface area contributed by atoms with Crippen molar-refractivity contribution in [3.8, 4) is 33.4 Å². The second-order valence-electron chi connectivity index (χ2n) is 15.4. The molecule has 0 bridgehead atoms. The number of hydrogen-bond donors (Lipinski definition) is 0. The maximum Gasteiger partial charge on any atom is 0.0729 e. The minimum absolute atomic E-state index is 0.502. The van der Waals surface area contributed by atoms with E-state index >= 15 is 0 Å². The van der Waals surface area contributed by atoms with Crippen LogP contribution in [0.1, 0.15) is 34.7 Å². The Morgan fingerprint density at radius 2 is 1.09 bits per heavy atom. The Hall–Kier alpha value is -6.74. The van der Waals surface area contributed by atoms with Crippen LogP contribution in [0, 0.1) is 0 Å². The molecule has 9 aromatic carbocycles. The molecule has 0 saturated carbocycles. The van der Waals surface area contributed by atoms with Crippen LogP contribution < -0.4 is 4.90 Å². The Morgan fingerprint density at radius 3 is 1.91 bits per heavy atom. The Morgan fingerprint density at radius 1 is 0.456 bits per heavy atom. The number of rotatable bonds is 5. The highest BCUT2D eigenvalue weighted by atomic mass is 32.1. The van der Waals surface area contributed by atoms with Gasteiger partial charge in [0.1, 0.15) is 0 Å². The lowest BCUT2D eigenvalue weighted by atomic mass is 9.60. The van der Waals surface area contributed by atoms with Gasteiger partial charge in [-0.15, -0.1) is 11.3 Å². The van der Waals surface area contributed by atoms with Crippen molar-refractivity contribution < 1.29 is 0 Å². The van der Waals surface area contributed by atoms with Crippen molar-refractivity contribution in [2.45, 2.75) is 18.8 Å². The fourth-order valence-electron chi connectivity index (χ4n) is 10.3. The van der Waals surface area contributed by atoms with Crippen LogP contribution in [-0.2, 0) is 11.8 Å². The van der Waals surface area contributed by atoms with Crippen LogP contribution in [-0.4, -0.2) is 0 Å². The van der Waals surface area contributed by atoms with Gasteiger partial charge in [-0.3, -0.25) is 0 Å². The fraction of sp³-hybridized carbons (Fsp3) is 0.0545. The number of para-hydroxylation sites is 1. The standard InChI is InChI=1S/C55H37NS/c1-2-35-27-28-37-17-14-22-46-42-20-7-11-24-48(42)55(54(35)53(37)46)47-23-10-6-19-41(47)43-31-29-38(33-49(43)55)56(50-25-12-8-18-40(50)36-15-4-3-5-16-36)39-30-32-45-44-21-9-13-26-51(44)57-52(45)34-39/h3-34H,2H2,1H3. The van der Waals surface area contributed by atoms with E-state index in [-0.39, 0.29) is 0 Å². The highest BCUT2D eigenvalue weighted by Crippen LogP contribution is 2.63. The summed E-state index contributed by atoms with van der Waals surface area (Å²) >= 11 is 1.87. The number of thiophene rings is 1. The van der Waals surface area contributed by atoms with E-state index in [1.54, 1.807) is 0 Å². The summed E-state index contributed by atoms with van der Waals surface area (Å²) in [6, 6.07) is 72.9. The van der Waals surface area contributed by atoms with Gasteiger partial charge in [-0.2, -0.15) is 0 Å². The van der Waals surface area contributed by atoms with E-state index < -0.39 is 5.41 Å². The Balaban J connectivity index is 1.19. The molecule has 0 N–H and O–H groups in total. The summed E-state index contributed by atoms with van der Waals surface area (Å²) in [5.74, 6) is 0. The molecule has 1 heterocycles. The van der Waals surface area contributed by atoms with Gasteiger partial charge >= 0.3 is 0 Å². The Labute approximate surface area is 336 Å². The molecule has 57 heavy (non-hydrogen) atoms. The van der Waals surface area contributed by atoms with Gasteiger partial charge in [0.2, 0.25) is 0 Å². The van der Waals surface area contributed by atoms with E-state index in [2.05, 4.69) is 206 Å². The van der Waals surface area contributed by atoms with Gasteiger partial charge in [-0.25, -0.2) is 0 Å². The maximum absolute atomic E-state index is 2.54. The van der Waals surface area contributed by atoms with Gasteiger partial charge in [-0.1, -0.05) is 165 Å². The van der Waals surface area contributed by atoms with Crippen LogP contribution in [0.5, 0.6) is 0 Å². The Kier molecular flexibility index (Phi) is 7.06. The number of nitrogens with zero attached hydrogens (tertiary/aromatic N) is 1. The highest BCUT2D eigenvalue weighted by Gasteiger charge is 2.51. The average molecular weight is 744 g/mol. The number of fused-ring (bicyclic) bond motifs is 12. The summed E-state index contributed by atoms with van der Waals surface area (Å²) in [5.41, 5.74) is 17.5. The van der Waals surface area contributed by atoms with E-state index in [1.807, 2.05) is 11.3 Å². The molecule has 0 amide bonds.